The second kappa shape index (κ2) is 9.59. The third-order valence-electron chi connectivity index (χ3n) is 3.99. The number of carboxylic acid groups (broad SMARTS) is 1. The number of benzene rings is 2. The van der Waals surface area contributed by atoms with Crippen molar-refractivity contribution in [2.45, 2.75) is 31.8 Å². The van der Waals surface area contributed by atoms with E-state index in [-0.39, 0.29) is 12.8 Å². The Morgan fingerprint density at radius 3 is 2.11 bits per heavy atom. The Morgan fingerprint density at radius 2 is 1.54 bits per heavy atom. The van der Waals surface area contributed by atoms with Crippen molar-refractivity contribution >= 4 is 17.8 Å². The monoisotopic (exact) mass is 390 g/mol. The highest BCUT2D eigenvalue weighted by Crippen LogP contribution is 2.09. The number of aliphatic carboxylic acids is 1. The first-order valence-corrected chi connectivity index (χ1v) is 8.53. The summed E-state index contributed by atoms with van der Waals surface area (Å²) >= 11 is 0. The van der Waals surface area contributed by atoms with Gasteiger partial charge in [0.1, 0.15) is 23.7 Å². The van der Waals surface area contributed by atoms with Crippen LogP contribution in [0.25, 0.3) is 0 Å². The molecule has 8 heteroatoms. The van der Waals surface area contributed by atoms with Gasteiger partial charge in [-0.2, -0.15) is 0 Å². The second-order valence-corrected chi connectivity index (χ2v) is 6.32. The van der Waals surface area contributed by atoms with Gasteiger partial charge in [-0.05, 0) is 35.4 Å². The van der Waals surface area contributed by atoms with E-state index in [4.69, 9.17) is 0 Å². The molecule has 2 atom stereocenters. The summed E-state index contributed by atoms with van der Waals surface area (Å²) in [5.74, 6) is -3.42. The molecule has 0 aliphatic rings. The molecule has 2 rings (SSSR count). The first-order chi connectivity index (χ1) is 13.2. The van der Waals surface area contributed by atoms with Gasteiger partial charge in [0.15, 0.2) is 0 Å². The summed E-state index contributed by atoms with van der Waals surface area (Å²) in [5, 5.41) is 14.2. The lowest BCUT2D eigenvalue weighted by molar-refractivity contribution is -0.142. The molecule has 148 valence electrons. The van der Waals surface area contributed by atoms with Gasteiger partial charge in [0, 0.05) is 19.8 Å². The van der Waals surface area contributed by atoms with E-state index in [9.17, 15) is 28.3 Å². The lowest BCUT2D eigenvalue weighted by atomic mass is 10.0. The Hall–Kier alpha value is -3.29. The number of carbonyl (C=O) groups is 3. The average Bonchev–Trinajstić information content (AvgIpc) is 2.62. The van der Waals surface area contributed by atoms with Crippen LogP contribution in [-0.4, -0.2) is 35.0 Å². The molecule has 0 radical (unpaired) electrons. The van der Waals surface area contributed by atoms with E-state index in [2.05, 4.69) is 10.6 Å². The van der Waals surface area contributed by atoms with Crippen LogP contribution in [0, 0.1) is 11.6 Å². The quantitative estimate of drug-likeness (QED) is 0.641. The Labute approximate surface area is 160 Å². The van der Waals surface area contributed by atoms with E-state index < -0.39 is 41.5 Å². The minimum atomic E-state index is -1.28. The fraction of sp³-hybridized carbons (Fsp3) is 0.250. The predicted molar refractivity (Wildman–Crippen MR) is 97.4 cm³/mol. The third kappa shape index (κ3) is 6.46. The molecule has 0 spiro atoms. The van der Waals surface area contributed by atoms with Crippen LogP contribution >= 0.6 is 0 Å². The Balaban J connectivity index is 2.12. The van der Waals surface area contributed by atoms with Crippen LogP contribution < -0.4 is 10.6 Å². The van der Waals surface area contributed by atoms with Crippen molar-refractivity contribution in [3.63, 3.8) is 0 Å². The molecule has 0 aliphatic carbocycles. The van der Waals surface area contributed by atoms with Gasteiger partial charge in [-0.25, -0.2) is 13.6 Å². The van der Waals surface area contributed by atoms with Crippen LogP contribution in [0.2, 0.25) is 0 Å². The van der Waals surface area contributed by atoms with E-state index in [0.717, 1.165) is 0 Å². The Bertz CT molecular complexity index is 856. The minimum Gasteiger partial charge on any atom is -0.480 e. The first kappa shape index (κ1) is 21.0. The van der Waals surface area contributed by atoms with Crippen LogP contribution in [0.4, 0.5) is 8.78 Å². The van der Waals surface area contributed by atoms with Crippen LogP contribution in [0.5, 0.6) is 0 Å². The molecular weight excluding hydrogens is 370 g/mol. The molecular formula is C20H20F2N2O4. The number of halogens is 2. The van der Waals surface area contributed by atoms with Gasteiger partial charge >= 0.3 is 5.97 Å². The molecule has 0 aliphatic heterocycles. The van der Waals surface area contributed by atoms with E-state index in [1.807, 2.05) is 0 Å². The average molecular weight is 390 g/mol. The third-order valence-corrected chi connectivity index (χ3v) is 3.99. The van der Waals surface area contributed by atoms with E-state index in [1.165, 1.54) is 49.4 Å². The fourth-order valence-electron chi connectivity index (χ4n) is 2.68. The molecule has 0 fully saturated rings. The van der Waals surface area contributed by atoms with Crippen molar-refractivity contribution in [3.8, 4) is 0 Å². The topological polar surface area (TPSA) is 95.5 Å². The van der Waals surface area contributed by atoms with E-state index in [0.29, 0.717) is 11.1 Å². The molecule has 2 aromatic carbocycles. The summed E-state index contributed by atoms with van der Waals surface area (Å²) in [6.45, 7) is 1.22. The number of carbonyl (C=O) groups excluding carboxylic acids is 2. The standard InChI is InChI=1S/C20H20F2N2O4/c1-12(25)23-17(11-14-3-2-4-16(22)9-14)19(26)24-18(20(27)28)10-13-5-7-15(21)8-6-13/h2-9,17-18H,10-11H2,1H3,(H,23,25)(H,24,26)(H,27,28)/t17-,18-/m0/s1. The number of carboxylic acids is 1. The smallest absolute Gasteiger partial charge is 0.326 e. The molecule has 6 nitrogen and oxygen atoms in total. The van der Waals surface area contributed by atoms with Crippen molar-refractivity contribution < 1.29 is 28.3 Å². The van der Waals surface area contributed by atoms with E-state index >= 15 is 0 Å². The Kier molecular flexibility index (Phi) is 7.20. The summed E-state index contributed by atoms with van der Waals surface area (Å²) in [5.41, 5.74) is 0.995. The second-order valence-electron chi connectivity index (χ2n) is 6.32. The maximum absolute atomic E-state index is 13.4. The van der Waals surface area contributed by atoms with Gasteiger partial charge in [0.05, 0.1) is 0 Å². The first-order valence-electron chi connectivity index (χ1n) is 8.53. The van der Waals surface area contributed by atoms with Crippen LogP contribution in [0.1, 0.15) is 18.1 Å². The summed E-state index contributed by atoms with van der Waals surface area (Å²) in [6, 6.07) is 8.44. The van der Waals surface area contributed by atoms with Crippen molar-refractivity contribution in [3.05, 3.63) is 71.3 Å². The number of amides is 2. The highest BCUT2D eigenvalue weighted by molar-refractivity contribution is 5.90. The Morgan fingerprint density at radius 1 is 0.893 bits per heavy atom. The van der Waals surface area contributed by atoms with Crippen LogP contribution in [0.15, 0.2) is 48.5 Å². The van der Waals surface area contributed by atoms with Crippen LogP contribution in [-0.2, 0) is 27.2 Å². The van der Waals surface area contributed by atoms with Gasteiger partial charge in [-0.15, -0.1) is 0 Å². The fourth-order valence-corrected chi connectivity index (χ4v) is 2.68. The molecule has 0 heterocycles. The van der Waals surface area contributed by atoms with E-state index in [1.54, 1.807) is 6.07 Å². The van der Waals surface area contributed by atoms with Crippen LogP contribution in [0.3, 0.4) is 0 Å². The molecule has 0 unspecified atom stereocenters. The molecule has 2 amide bonds. The van der Waals surface area contributed by atoms with Gasteiger partial charge < -0.3 is 15.7 Å². The number of rotatable bonds is 8. The maximum atomic E-state index is 13.4. The van der Waals surface area contributed by atoms with Gasteiger partial charge in [-0.1, -0.05) is 24.3 Å². The van der Waals surface area contributed by atoms with Gasteiger partial charge in [-0.3, -0.25) is 9.59 Å². The summed E-state index contributed by atoms with van der Waals surface area (Å²) in [6.07, 6.45) is -0.0693. The maximum Gasteiger partial charge on any atom is 0.326 e. The molecule has 3 N–H and O–H groups in total. The highest BCUT2D eigenvalue weighted by Gasteiger charge is 2.26. The van der Waals surface area contributed by atoms with Gasteiger partial charge in [0.2, 0.25) is 11.8 Å². The van der Waals surface area contributed by atoms with Crippen molar-refractivity contribution in [2.24, 2.45) is 0 Å². The molecule has 0 aromatic heterocycles. The lowest BCUT2D eigenvalue weighted by Gasteiger charge is -2.21. The zero-order valence-corrected chi connectivity index (χ0v) is 15.1. The highest BCUT2D eigenvalue weighted by atomic mass is 19.1. The minimum absolute atomic E-state index is 0.00788. The summed E-state index contributed by atoms with van der Waals surface area (Å²) in [7, 11) is 0. The molecule has 0 saturated carbocycles. The van der Waals surface area contributed by atoms with Crippen molar-refractivity contribution in [1.29, 1.82) is 0 Å². The zero-order valence-electron chi connectivity index (χ0n) is 15.1. The van der Waals surface area contributed by atoms with Gasteiger partial charge in [0.25, 0.3) is 0 Å². The number of hydrogen-bond donors (Lipinski definition) is 3. The molecule has 0 saturated heterocycles. The predicted octanol–water partition coefficient (Wildman–Crippen LogP) is 1.82. The number of nitrogens with one attached hydrogen (secondary N) is 2. The molecule has 0 bridgehead atoms. The molecule has 2 aromatic rings. The SMILES string of the molecule is CC(=O)N[C@@H](Cc1cccc(F)c1)C(=O)N[C@@H](Cc1ccc(F)cc1)C(=O)O. The number of hydrogen-bond acceptors (Lipinski definition) is 3. The molecule has 28 heavy (non-hydrogen) atoms. The largest absolute Gasteiger partial charge is 0.480 e. The van der Waals surface area contributed by atoms with Crippen molar-refractivity contribution in [2.75, 3.05) is 0 Å². The van der Waals surface area contributed by atoms with Crippen molar-refractivity contribution in [1.82, 2.24) is 10.6 Å². The summed E-state index contributed by atoms with van der Waals surface area (Å²) in [4.78, 5) is 35.6. The normalized spacial score (nSPS) is 12.7. The summed E-state index contributed by atoms with van der Waals surface area (Å²) < 4.78 is 26.4. The zero-order chi connectivity index (χ0) is 20.7. The lowest BCUT2D eigenvalue weighted by Crippen LogP contribution is -2.52.